The average molecular weight is 264 g/mol. The van der Waals surface area contributed by atoms with Crippen molar-refractivity contribution in [3.63, 3.8) is 0 Å². The van der Waals surface area contributed by atoms with E-state index in [1.165, 1.54) is 33.4 Å². The van der Waals surface area contributed by atoms with Crippen LogP contribution in [0.5, 0.6) is 0 Å². The van der Waals surface area contributed by atoms with E-state index in [4.69, 9.17) is 5.73 Å². The second-order valence-electron chi connectivity index (χ2n) is 4.70. The molecule has 0 aliphatic rings. The lowest BCUT2D eigenvalue weighted by molar-refractivity contribution is 1.12. The lowest BCUT2D eigenvalue weighted by atomic mass is 9.90. The minimum absolute atomic E-state index is 0.687. The number of aliphatic imine (C=N–C) groups is 1. The first-order chi connectivity index (χ1) is 8.40. The van der Waals surface area contributed by atoms with Crippen LogP contribution in [-0.2, 0) is 5.75 Å². The Morgan fingerprint density at radius 3 is 1.83 bits per heavy atom. The molecule has 0 aromatic heterocycles. The second kappa shape index (κ2) is 6.28. The maximum Gasteiger partial charge on any atom is 0.154 e. The summed E-state index contributed by atoms with van der Waals surface area (Å²) in [5.41, 5.74) is 14.3. The average Bonchev–Trinajstić information content (AvgIpc) is 2.34. The smallest absolute Gasteiger partial charge is 0.154 e. The van der Waals surface area contributed by atoms with E-state index in [0.717, 1.165) is 12.3 Å². The van der Waals surface area contributed by atoms with Gasteiger partial charge in [-0.1, -0.05) is 11.8 Å². The van der Waals surface area contributed by atoms with Crippen molar-refractivity contribution in [1.82, 2.24) is 0 Å². The van der Waals surface area contributed by atoms with Gasteiger partial charge in [-0.05, 0) is 74.9 Å². The molecule has 0 amide bonds. The molecule has 0 saturated carbocycles. The van der Waals surface area contributed by atoms with Gasteiger partial charge in [0, 0.05) is 12.3 Å². The Morgan fingerprint density at radius 1 is 0.944 bits per heavy atom. The van der Waals surface area contributed by atoms with E-state index in [-0.39, 0.29) is 0 Å². The van der Waals surface area contributed by atoms with Gasteiger partial charge in [0.05, 0.1) is 0 Å². The summed E-state index contributed by atoms with van der Waals surface area (Å²) in [6, 6.07) is 0. The molecule has 1 rings (SSSR count). The molecule has 1 aromatic rings. The van der Waals surface area contributed by atoms with Crippen LogP contribution in [0.15, 0.2) is 4.99 Å². The van der Waals surface area contributed by atoms with Gasteiger partial charge in [0.25, 0.3) is 0 Å². The van der Waals surface area contributed by atoms with Crippen LogP contribution < -0.4 is 5.73 Å². The van der Waals surface area contributed by atoms with Crippen LogP contribution in [0.25, 0.3) is 0 Å². The summed E-state index contributed by atoms with van der Waals surface area (Å²) in [5.74, 6) is 0.912. The SMILES string of the molecule is CCN=C(N)SCc1c(C)c(C)c(C)c(C)c1C. The normalized spacial score (nSPS) is 12.0. The van der Waals surface area contributed by atoms with Gasteiger partial charge in [-0.3, -0.25) is 4.99 Å². The van der Waals surface area contributed by atoms with E-state index in [1.807, 2.05) is 6.92 Å². The standard InChI is InChI=1S/C15H24N2S/c1-7-17-15(16)18-8-14-12(5)10(3)9(2)11(4)13(14)6/h7-8H2,1-6H3,(H2,16,17). The molecule has 0 aliphatic carbocycles. The molecule has 100 valence electrons. The third kappa shape index (κ3) is 3.08. The third-order valence-corrected chi connectivity index (χ3v) is 4.69. The molecule has 0 fully saturated rings. The Morgan fingerprint density at radius 2 is 1.39 bits per heavy atom. The first kappa shape index (κ1) is 15.1. The molecule has 0 spiro atoms. The molecule has 0 saturated heterocycles. The van der Waals surface area contributed by atoms with Crippen LogP contribution in [-0.4, -0.2) is 11.7 Å². The molecular formula is C15H24N2S. The number of rotatable bonds is 3. The maximum absolute atomic E-state index is 5.85. The van der Waals surface area contributed by atoms with E-state index < -0.39 is 0 Å². The summed E-state index contributed by atoms with van der Waals surface area (Å²) in [6.45, 7) is 13.8. The van der Waals surface area contributed by atoms with Gasteiger partial charge >= 0.3 is 0 Å². The monoisotopic (exact) mass is 264 g/mol. The Kier molecular flexibility index (Phi) is 5.27. The third-order valence-electron chi connectivity index (χ3n) is 3.83. The van der Waals surface area contributed by atoms with Crippen LogP contribution in [0.4, 0.5) is 0 Å². The van der Waals surface area contributed by atoms with Crippen LogP contribution in [0.3, 0.4) is 0 Å². The first-order valence-electron chi connectivity index (χ1n) is 6.38. The summed E-state index contributed by atoms with van der Waals surface area (Å²) >= 11 is 1.63. The fourth-order valence-electron chi connectivity index (χ4n) is 2.14. The number of nitrogens with two attached hydrogens (primary N) is 1. The van der Waals surface area contributed by atoms with Crippen molar-refractivity contribution in [2.24, 2.45) is 10.7 Å². The Labute approximate surface area is 115 Å². The van der Waals surface area contributed by atoms with E-state index in [0.29, 0.717) is 5.17 Å². The minimum atomic E-state index is 0.687. The van der Waals surface area contributed by atoms with Crippen molar-refractivity contribution < 1.29 is 0 Å². The molecule has 0 heterocycles. The van der Waals surface area contributed by atoms with Gasteiger partial charge < -0.3 is 5.73 Å². The molecule has 0 aliphatic heterocycles. The highest BCUT2D eigenvalue weighted by Gasteiger charge is 2.12. The lowest BCUT2D eigenvalue weighted by Crippen LogP contribution is -2.09. The first-order valence-corrected chi connectivity index (χ1v) is 7.37. The Bertz CT molecular complexity index is 447. The van der Waals surface area contributed by atoms with Crippen molar-refractivity contribution in [2.75, 3.05) is 6.54 Å². The molecule has 0 radical (unpaired) electrons. The number of hydrogen-bond donors (Lipinski definition) is 1. The fraction of sp³-hybridized carbons (Fsp3) is 0.533. The summed E-state index contributed by atoms with van der Waals surface area (Å²) in [6.07, 6.45) is 0. The number of benzene rings is 1. The summed E-state index contributed by atoms with van der Waals surface area (Å²) in [4.78, 5) is 4.22. The van der Waals surface area contributed by atoms with Gasteiger partial charge in [-0.25, -0.2) is 0 Å². The van der Waals surface area contributed by atoms with Crippen molar-refractivity contribution in [2.45, 2.75) is 47.3 Å². The largest absolute Gasteiger partial charge is 0.379 e. The summed E-state index contributed by atoms with van der Waals surface area (Å²) in [5, 5.41) is 0.687. The zero-order valence-electron chi connectivity index (χ0n) is 12.3. The predicted molar refractivity (Wildman–Crippen MR) is 83.6 cm³/mol. The summed E-state index contributed by atoms with van der Waals surface area (Å²) in [7, 11) is 0. The zero-order valence-corrected chi connectivity index (χ0v) is 13.2. The number of hydrogen-bond acceptors (Lipinski definition) is 2. The van der Waals surface area contributed by atoms with Crippen LogP contribution >= 0.6 is 11.8 Å². The van der Waals surface area contributed by atoms with Gasteiger partial charge in [0.15, 0.2) is 5.17 Å². The van der Waals surface area contributed by atoms with Gasteiger partial charge in [-0.2, -0.15) is 0 Å². The quantitative estimate of drug-likeness (QED) is 0.666. The molecule has 2 nitrogen and oxygen atoms in total. The topological polar surface area (TPSA) is 38.4 Å². The van der Waals surface area contributed by atoms with Crippen LogP contribution in [0, 0.1) is 34.6 Å². The lowest BCUT2D eigenvalue weighted by Gasteiger charge is -2.18. The van der Waals surface area contributed by atoms with E-state index >= 15 is 0 Å². The Balaban J connectivity index is 3.07. The van der Waals surface area contributed by atoms with Gasteiger partial charge in [-0.15, -0.1) is 0 Å². The molecule has 0 bridgehead atoms. The predicted octanol–water partition coefficient (Wildman–Crippen LogP) is 3.80. The highest BCUT2D eigenvalue weighted by Crippen LogP contribution is 2.28. The molecule has 18 heavy (non-hydrogen) atoms. The Hall–Kier alpha value is -0.960. The van der Waals surface area contributed by atoms with Gasteiger partial charge in [0.1, 0.15) is 0 Å². The fourth-order valence-corrected chi connectivity index (χ4v) is 3.09. The minimum Gasteiger partial charge on any atom is -0.379 e. The van der Waals surface area contributed by atoms with Gasteiger partial charge in [0.2, 0.25) is 0 Å². The summed E-state index contributed by atoms with van der Waals surface area (Å²) < 4.78 is 0. The van der Waals surface area contributed by atoms with Crippen LogP contribution in [0.1, 0.15) is 40.3 Å². The molecular weight excluding hydrogens is 240 g/mol. The molecule has 0 atom stereocenters. The number of amidine groups is 1. The van der Waals surface area contributed by atoms with E-state index in [9.17, 15) is 0 Å². The molecule has 3 heteroatoms. The highest BCUT2D eigenvalue weighted by atomic mass is 32.2. The molecule has 0 unspecified atom stereocenters. The molecule has 2 N–H and O–H groups in total. The van der Waals surface area contributed by atoms with Crippen molar-refractivity contribution in [3.05, 3.63) is 33.4 Å². The highest BCUT2D eigenvalue weighted by molar-refractivity contribution is 8.13. The van der Waals surface area contributed by atoms with Crippen molar-refractivity contribution >= 4 is 16.9 Å². The number of nitrogens with zero attached hydrogens (tertiary/aromatic N) is 1. The number of thioether (sulfide) groups is 1. The van der Waals surface area contributed by atoms with E-state index in [1.54, 1.807) is 11.8 Å². The zero-order chi connectivity index (χ0) is 13.9. The van der Waals surface area contributed by atoms with Crippen molar-refractivity contribution in [1.29, 1.82) is 0 Å². The van der Waals surface area contributed by atoms with E-state index in [2.05, 4.69) is 39.6 Å². The second-order valence-corrected chi connectivity index (χ2v) is 5.70. The maximum atomic E-state index is 5.85. The molecule has 1 aromatic carbocycles. The van der Waals surface area contributed by atoms with Crippen LogP contribution in [0.2, 0.25) is 0 Å². The van der Waals surface area contributed by atoms with Crippen molar-refractivity contribution in [3.8, 4) is 0 Å².